The highest BCUT2D eigenvalue weighted by molar-refractivity contribution is 7.62. The normalized spacial score (nSPS) is 16.6. The molecule has 1 aromatic carbocycles. The summed E-state index contributed by atoms with van der Waals surface area (Å²) in [5, 5.41) is 0. The lowest BCUT2D eigenvalue weighted by Crippen LogP contribution is -2.25. The molecule has 1 unspecified atom stereocenters. The Morgan fingerprint density at radius 2 is 1.65 bits per heavy atom. The van der Waals surface area contributed by atoms with Crippen molar-refractivity contribution in [3.63, 3.8) is 0 Å². The zero-order chi connectivity index (χ0) is 14.5. The lowest BCUT2D eigenvalue weighted by molar-refractivity contribution is 0.106. The molecule has 1 atom stereocenters. The van der Waals surface area contributed by atoms with E-state index in [4.69, 9.17) is 9.47 Å². The first-order chi connectivity index (χ1) is 9.69. The minimum absolute atomic E-state index is 0.268. The molecule has 1 aliphatic heterocycles. The van der Waals surface area contributed by atoms with Gasteiger partial charge in [-0.25, -0.2) is 4.79 Å². The van der Waals surface area contributed by atoms with Crippen molar-refractivity contribution < 1.29 is 18.8 Å². The van der Waals surface area contributed by atoms with E-state index in [0.29, 0.717) is 24.6 Å². The summed E-state index contributed by atoms with van der Waals surface area (Å²) in [5.41, 5.74) is -0.152. The predicted octanol–water partition coefficient (Wildman–Crippen LogP) is 3.07. The maximum atomic E-state index is 12.5. The van der Waals surface area contributed by atoms with Crippen LogP contribution in [0.3, 0.4) is 0 Å². The van der Waals surface area contributed by atoms with E-state index >= 15 is 0 Å². The highest BCUT2D eigenvalue weighted by atomic mass is 31.1. The second-order valence-corrected chi connectivity index (χ2v) is 6.15. The molecule has 6 heteroatoms. The topological polar surface area (TPSA) is 55.8 Å². The fourth-order valence-corrected chi connectivity index (χ4v) is 3.66. The maximum Gasteiger partial charge on any atom is 0.518 e. The van der Waals surface area contributed by atoms with Crippen LogP contribution in [0, 0.1) is 0 Å². The monoisotopic (exact) mass is 296 g/mol. The van der Waals surface area contributed by atoms with E-state index < -0.39 is 13.5 Å². The van der Waals surface area contributed by atoms with Crippen LogP contribution < -0.4 is 9.47 Å². The molecule has 0 aliphatic carbocycles. The van der Waals surface area contributed by atoms with Crippen molar-refractivity contribution in [2.45, 2.75) is 19.3 Å². The van der Waals surface area contributed by atoms with Gasteiger partial charge in [0.1, 0.15) is 11.5 Å². The number of carbonyl (C=O) groups excluding carboxylic acids is 1. The third-order valence-corrected chi connectivity index (χ3v) is 4.89. The van der Waals surface area contributed by atoms with Crippen LogP contribution in [-0.4, -0.2) is 37.5 Å². The van der Waals surface area contributed by atoms with Crippen molar-refractivity contribution in [3.05, 3.63) is 23.8 Å². The average molecular weight is 296 g/mol. The molecule has 2 rings (SSSR count). The van der Waals surface area contributed by atoms with Gasteiger partial charge in [0.25, 0.3) is 0 Å². The Hall–Kier alpha value is -1.45. The minimum atomic E-state index is -2.10. The van der Waals surface area contributed by atoms with E-state index in [1.165, 1.54) is 14.2 Å². The molecule has 0 spiro atoms. The smallest absolute Gasteiger partial charge is 0.496 e. The summed E-state index contributed by atoms with van der Waals surface area (Å²) < 4.78 is 24.6. The SMILES string of the molecule is COc1cccc(OC)c1C(=O)[P+](=O)N1CCCCC1. The van der Waals surface area contributed by atoms with Gasteiger partial charge in [-0.1, -0.05) is 17.2 Å². The van der Waals surface area contributed by atoms with Gasteiger partial charge in [0, 0.05) is 13.1 Å². The van der Waals surface area contributed by atoms with Crippen molar-refractivity contribution in [2.75, 3.05) is 27.3 Å². The van der Waals surface area contributed by atoms with Crippen LogP contribution in [0.4, 0.5) is 0 Å². The molecule has 0 N–H and O–H groups in total. The molecule has 108 valence electrons. The number of nitrogens with zero attached hydrogens (tertiary/aromatic N) is 1. The molecule has 0 saturated carbocycles. The molecule has 0 radical (unpaired) electrons. The van der Waals surface area contributed by atoms with Crippen molar-refractivity contribution in [2.24, 2.45) is 0 Å². The molecule has 5 nitrogen and oxygen atoms in total. The Bertz CT molecular complexity index is 490. The number of methoxy groups -OCH3 is 2. The van der Waals surface area contributed by atoms with Gasteiger partial charge in [-0.3, -0.25) is 0 Å². The summed E-state index contributed by atoms with van der Waals surface area (Å²) in [5.74, 6) is 0.796. The van der Waals surface area contributed by atoms with Gasteiger partial charge in [-0.15, -0.1) is 0 Å². The van der Waals surface area contributed by atoms with Crippen LogP contribution in [0.15, 0.2) is 18.2 Å². The molecule has 0 aromatic heterocycles. The van der Waals surface area contributed by atoms with E-state index in [1.807, 2.05) is 0 Å². The molecule has 0 amide bonds. The molecule has 1 heterocycles. The fraction of sp³-hybridized carbons (Fsp3) is 0.500. The summed E-state index contributed by atoms with van der Waals surface area (Å²) in [7, 11) is 0.876. The average Bonchev–Trinajstić information content (AvgIpc) is 2.53. The lowest BCUT2D eigenvalue weighted by Gasteiger charge is -2.16. The Labute approximate surface area is 119 Å². The van der Waals surface area contributed by atoms with Crippen LogP contribution in [0.5, 0.6) is 11.5 Å². The second-order valence-electron chi connectivity index (χ2n) is 4.63. The third-order valence-electron chi connectivity index (χ3n) is 3.40. The zero-order valence-corrected chi connectivity index (χ0v) is 12.7. The summed E-state index contributed by atoms with van der Waals surface area (Å²) in [4.78, 5) is 12.5. The van der Waals surface area contributed by atoms with E-state index in [9.17, 15) is 9.36 Å². The van der Waals surface area contributed by atoms with Crippen LogP contribution in [-0.2, 0) is 4.57 Å². The molecule has 1 aliphatic rings. The Morgan fingerprint density at radius 3 is 2.15 bits per heavy atom. The van der Waals surface area contributed by atoms with Gasteiger partial charge in [0.05, 0.1) is 14.2 Å². The van der Waals surface area contributed by atoms with Crippen LogP contribution in [0.1, 0.15) is 29.6 Å². The van der Waals surface area contributed by atoms with Gasteiger partial charge in [0.15, 0.2) is 5.56 Å². The van der Waals surface area contributed by atoms with Crippen molar-refractivity contribution in [3.8, 4) is 11.5 Å². The summed E-state index contributed by atoms with van der Waals surface area (Å²) in [6.07, 6.45) is 3.10. The van der Waals surface area contributed by atoms with Gasteiger partial charge < -0.3 is 9.47 Å². The van der Waals surface area contributed by atoms with Gasteiger partial charge in [-0.05, 0) is 29.5 Å². The van der Waals surface area contributed by atoms with Gasteiger partial charge in [0.2, 0.25) is 0 Å². The number of piperidine rings is 1. The summed E-state index contributed by atoms with van der Waals surface area (Å²) in [6, 6.07) is 5.09. The van der Waals surface area contributed by atoms with Crippen LogP contribution >= 0.6 is 7.95 Å². The number of rotatable bonds is 5. The Balaban J connectivity index is 2.30. The standard InChI is InChI=1S/C14H19NO4P/c1-18-11-7-6-8-12(19-2)13(11)14(16)20(17)15-9-4-3-5-10-15/h6-8H,3-5,9-10H2,1-2H3/q+1. The second kappa shape index (κ2) is 6.82. The zero-order valence-electron chi connectivity index (χ0n) is 11.8. The number of ether oxygens (including phenoxy) is 2. The van der Waals surface area contributed by atoms with Crippen molar-refractivity contribution in [1.82, 2.24) is 4.67 Å². The largest absolute Gasteiger partial charge is 0.518 e. The predicted molar refractivity (Wildman–Crippen MR) is 76.9 cm³/mol. The number of hydrogen-bond donors (Lipinski definition) is 0. The molecular formula is C14H19NO4P+. The third kappa shape index (κ3) is 3.00. The minimum Gasteiger partial charge on any atom is -0.496 e. The molecule has 1 saturated heterocycles. The van der Waals surface area contributed by atoms with Gasteiger partial charge in [-0.2, -0.15) is 0 Å². The first-order valence-electron chi connectivity index (χ1n) is 6.66. The number of hydrogen-bond acceptors (Lipinski definition) is 4. The van der Waals surface area contributed by atoms with Crippen molar-refractivity contribution >= 4 is 13.5 Å². The molecular weight excluding hydrogens is 277 g/mol. The highest BCUT2D eigenvalue weighted by Gasteiger charge is 2.42. The highest BCUT2D eigenvalue weighted by Crippen LogP contribution is 2.40. The Morgan fingerprint density at radius 1 is 1.10 bits per heavy atom. The van der Waals surface area contributed by atoms with Crippen LogP contribution in [0.2, 0.25) is 0 Å². The first-order valence-corrected chi connectivity index (χ1v) is 7.87. The summed E-state index contributed by atoms with van der Waals surface area (Å²) in [6.45, 7) is 1.41. The van der Waals surface area contributed by atoms with E-state index in [0.717, 1.165) is 19.3 Å². The molecule has 0 bridgehead atoms. The fourth-order valence-electron chi connectivity index (χ4n) is 2.34. The van der Waals surface area contributed by atoms with Crippen LogP contribution in [0.25, 0.3) is 0 Å². The molecule has 1 fully saturated rings. The Kier molecular flexibility index (Phi) is 5.10. The summed E-state index contributed by atoms with van der Waals surface area (Å²) >= 11 is 0. The van der Waals surface area contributed by atoms with E-state index in [2.05, 4.69) is 0 Å². The molecule has 20 heavy (non-hydrogen) atoms. The van der Waals surface area contributed by atoms with Gasteiger partial charge >= 0.3 is 13.5 Å². The van der Waals surface area contributed by atoms with Crippen molar-refractivity contribution in [1.29, 1.82) is 0 Å². The quantitative estimate of drug-likeness (QED) is 0.782. The number of benzene rings is 1. The van der Waals surface area contributed by atoms with E-state index in [1.54, 1.807) is 22.9 Å². The number of carbonyl (C=O) groups is 1. The molecule has 1 aromatic rings. The first kappa shape index (κ1) is 14.9. The van der Waals surface area contributed by atoms with E-state index in [-0.39, 0.29) is 5.56 Å². The lowest BCUT2D eigenvalue weighted by atomic mass is 10.2. The maximum absolute atomic E-state index is 12.5.